The fourth-order valence-electron chi connectivity index (χ4n) is 3.36. The summed E-state index contributed by atoms with van der Waals surface area (Å²) in [5, 5.41) is 1.24. The molecule has 0 amide bonds. The second kappa shape index (κ2) is 5.77. The van der Waals surface area contributed by atoms with E-state index in [1.54, 1.807) is 20.1 Å². The van der Waals surface area contributed by atoms with Crippen LogP contribution in [0, 0.1) is 27.7 Å². The highest BCUT2D eigenvalue weighted by atomic mass is 16.5. The van der Waals surface area contributed by atoms with E-state index in [1.807, 2.05) is 38.1 Å². The first-order valence-electron chi connectivity index (χ1n) is 8.53. The predicted molar refractivity (Wildman–Crippen MR) is 103 cm³/mol. The Morgan fingerprint density at radius 3 is 2.38 bits per heavy atom. The molecule has 4 heteroatoms. The molecule has 0 spiro atoms. The molecule has 0 N–H and O–H groups in total. The molecule has 0 atom stereocenters. The Labute approximate surface area is 151 Å². The van der Waals surface area contributed by atoms with Crippen molar-refractivity contribution >= 4 is 21.9 Å². The maximum absolute atomic E-state index is 13.1. The summed E-state index contributed by atoms with van der Waals surface area (Å²) in [7, 11) is 1.60. The SMILES string of the molecule is COc1cc2oc(-c3ccc(C)c(C)c3)c(C)c(=O)c2c2oc(C)cc12. The molecule has 2 heterocycles. The Balaban J connectivity index is 2.12. The van der Waals surface area contributed by atoms with E-state index in [9.17, 15) is 4.79 Å². The van der Waals surface area contributed by atoms with Crippen molar-refractivity contribution in [3.63, 3.8) is 0 Å². The second-order valence-corrected chi connectivity index (χ2v) is 6.74. The Morgan fingerprint density at radius 2 is 1.69 bits per heavy atom. The zero-order valence-corrected chi connectivity index (χ0v) is 15.5. The van der Waals surface area contributed by atoms with Crippen molar-refractivity contribution in [3.8, 4) is 17.1 Å². The van der Waals surface area contributed by atoms with Crippen LogP contribution in [0.1, 0.15) is 22.5 Å². The number of hydrogen-bond acceptors (Lipinski definition) is 4. The quantitative estimate of drug-likeness (QED) is 0.483. The van der Waals surface area contributed by atoms with Gasteiger partial charge in [-0.1, -0.05) is 12.1 Å². The average Bonchev–Trinajstić information content (AvgIpc) is 3.00. The highest BCUT2D eigenvalue weighted by molar-refractivity contribution is 6.06. The highest BCUT2D eigenvalue weighted by Gasteiger charge is 2.20. The first-order chi connectivity index (χ1) is 12.4. The summed E-state index contributed by atoms with van der Waals surface area (Å²) in [5.74, 6) is 1.93. The molecule has 0 aliphatic rings. The Morgan fingerprint density at radius 1 is 0.923 bits per heavy atom. The number of methoxy groups -OCH3 is 1. The standard InChI is InChI=1S/C22H20O4/c1-11-6-7-15(8-12(11)2)21-14(4)20(23)19-18(26-21)10-17(24-5)16-9-13(3)25-22(16)19/h6-10H,1-5H3. The summed E-state index contributed by atoms with van der Waals surface area (Å²) in [6, 6.07) is 9.69. The lowest BCUT2D eigenvalue weighted by Crippen LogP contribution is -2.08. The van der Waals surface area contributed by atoms with E-state index in [0.29, 0.717) is 33.6 Å². The van der Waals surface area contributed by atoms with Gasteiger partial charge in [-0.2, -0.15) is 0 Å². The van der Waals surface area contributed by atoms with Crippen LogP contribution in [0.15, 0.2) is 44.0 Å². The van der Waals surface area contributed by atoms with E-state index in [2.05, 4.69) is 6.92 Å². The molecule has 0 unspecified atom stereocenters. The van der Waals surface area contributed by atoms with Crippen molar-refractivity contribution in [2.75, 3.05) is 7.11 Å². The monoisotopic (exact) mass is 348 g/mol. The Hall–Kier alpha value is -3.01. The van der Waals surface area contributed by atoms with Gasteiger partial charge in [-0.25, -0.2) is 0 Å². The fraction of sp³-hybridized carbons (Fsp3) is 0.227. The first kappa shape index (κ1) is 16.5. The molecule has 4 nitrogen and oxygen atoms in total. The van der Waals surface area contributed by atoms with Gasteiger partial charge in [0, 0.05) is 17.2 Å². The summed E-state index contributed by atoms with van der Waals surface area (Å²) >= 11 is 0. The lowest BCUT2D eigenvalue weighted by atomic mass is 10.0. The van der Waals surface area contributed by atoms with Crippen LogP contribution in [0.3, 0.4) is 0 Å². The normalized spacial score (nSPS) is 11.4. The summed E-state index contributed by atoms with van der Waals surface area (Å²) in [5.41, 5.74) is 4.71. The largest absolute Gasteiger partial charge is 0.496 e. The lowest BCUT2D eigenvalue weighted by molar-refractivity contribution is 0.419. The number of aryl methyl sites for hydroxylation is 3. The first-order valence-corrected chi connectivity index (χ1v) is 8.53. The van der Waals surface area contributed by atoms with Crippen molar-refractivity contribution in [2.24, 2.45) is 0 Å². The smallest absolute Gasteiger partial charge is 0.200 e. The van der Waals surface area contributed by atoms with Crippen molar-refractivity contribution in [1.82, 2.24) is 0 Å². The maximum atomic E-state index is 13.1. The zero-order valence-electron chi connectivity index (χ0n) is 15.5. The van der Waals surface area contributed by atoms with Crippen LogP contribution in [0.4, 0.5) is 0 Å². The topological polar surface area (TPSA) is 52.6 Å². The third kappa shape index (κ3) is 2.33. The minimum Gasteiger partial charge on any atom is -0.496 e. The molecule has 4 aromatic rings. The summed E-state index contributed by atoms with van der Waals surface area (Å²) in [4.78, 5) is 13.1. The Bertz CT molecular complexity index is 1220. The molecule has 26 heavy (non-hydrogen) atoms. The minimum atomic E-state index is -0.0820. The molecule has 2 aromatic carbocycles. The number of benzene rings is 2. The van der Waals surface area contributed by atoms with Gasteiger partial charge in [0.25, 0.3) is 0 Å². The van der Waals surface area contributed by atoms with Gasteiger partial charge in [-0.05, 0) is 51.0 Å². The van der Waals surface area contributed by atoms with Gasteiger partial charge in [0.1, 0.15) is 28.2 Å². The number of fused-ring (bicyclic) bond motifs is 3. The van der Waals surface area contributed by atoms with Crippen LogP contribution in [0.5, 0.6) is 5.75 Å². The molecular formula is C22H20O4. The Kier molecular flexibility index (Phi) is 3.65. The van der Waals surface area contributed by atoms with Crippen LogP contribution in [0.25, 0.3) is 33.3 Å². The van der Waals surface area contributed by atoms with Crippen LogP contribution < -0.4 is 10.2 Å². The third-order valence-electron chi connectivity index (χ3n) is 4.97. The molecule has 4 rings (SSSR count). The summed E-state index contributed by atoms with van der Waals surface area (Å²) in [6.45, 7) is 7.75. The van der Waals surface area contributed by atoms with Gasteiger partial charge in [0.15, 0.2) is 11.0 Å². The molecule has 0 radical (unpaired) electrons. The molecule has 2 aromatic heterocycles. The van der Waals surface area contributed by atoms with Gasteiger partial charge < -0.3 is 13.6 Å². The zero-order chi connectivity index (χ0) is 18.6. The molecule has 0 aliphatic carbocycles. The predicted octanol–water partition coefficient (Wildman–Crippen LogP) is 5.45. The van der Waals surface area contributed by atoms with E-state index in [1.165, 1.54) is 5.56 Å². The lowest BCUT2D eigenvalue weighted by Gasteiger charge is -2.10. The average molecular weight is 348 g/mol. The van der Waals surface area contributed by atoms with Gasteiger partial charge >= 0.3 is 0 Å². The van der Waals surface area contributed by atoms with Crippen molar-refractivity contribution in [3.05, 3.63) is 63.0 Å². The van der Waals surface area contributed by atoms with E-state index >= 15 is 0 Å². The fourth-order valence-corrected chi connectivity index (χ4v) is 3.36. The highest BCUT2D eigenvalue weighted by Crippen LogP contribution is 2.36. The number of ether oxygens (including phenoxy) is 1. The molecule has 0 saturated carbocycles. The van der Waals surface area contributed by atoms with Crippen LogP contribution >= 0.6 is 0 Å². The van der Waals surface area contributed by atoms with E-state index < -0.39 is 0 Å². The van der Waals surface area contributed by atoms with Gasteiger partial charge in [-0.15, -0.1) is 0 Å². The molecular weight excluding hydrogens is 328 g/mol. The van der Waals surface area contributed by atoms with E-state index in [0.717, 1.165) is 22.3 Å². The van der Waals surface area contributed by atoms with Gasteiger partial charge in [0.2, 0.25) is 0 Å². The van der Waals surface area contributed by atoms with Crippen LogP contribution in [-0.2, 0) is 0 Å². The van der Waals surface area contributed by atoms with Gasteiger partial charge in [0.05, 0.1) is 12.5 Å². The number of hydrogen-bond donors (Lipinski definition) is 0. The minimum absolute atomic E-state index is 0.0820. The number of furan rings is 1. The summed E-state index contributed by atoms with van der Waals surface area (Å²) < 4.78 is 17.5. The van der Waals surface area contributed by atoms with Crippen molar-refractivity contribution in [2.45, 2.75) is 27.7 Å². The van der Waals surface area contributed by atoms with Gasteiger partial charge in [-0.3, -0.25) is 4.79 Å². The molecule has 0 bridgehead atoms. The van der Waals surface area contributed by atoms with Crippen molar-refractivity contribution in [1.29, 1.82) is 0 Å². The van der Waals surface area contributed by atoms with Crippen molar-refractivity contribution < 1.29 is 13.6 Å². The molecule has 132 valence electrons. The third-order valence-corrected chi connectivity index (χ3v) is 4.97. The van der Waals surface area contributed by atoms with Crippen LogP contribution in [-0.4, -0.2) is 7.11 Å². The summed E-state index contributed by atoms with van der Waals surface area (Å²) in [6.07, 6.45) is 0. The molecule has 0 fully saturated rings. The van der Waals surface area contributed by atoms with E-state index in [-0.39, 0.29) is 5.43 Å². The number of rotatable bonds is 2. The van der Waals surface area contributed by atoms with Crippen LogP contribution in [0.2, 0.25) is 0 Å². The molecule has 0 aliphatic heterocycles. The molecule has 0 saturated heterocycles. The maximum Gasteiger partial charge on any atom is 0.200 e. The second-order valence-electron chi connectivity index (χ2n) is 6.74. The van der Waals surface area contributed by atoms with E-state index in [4.69, 9.17) is 13.6 Å².